The maximum Gasteiger partial charge on any atom is 0.296 e. The van der Waals surface area contributed by atoms with E-state index in [0.717, 1.165) is 25.7 Å². The van der Waals surface area contributed by atoms with E-state index in [1.165, 1.54) is 0 Å². The van der Waals surface area contributed by atoms with E-state index in [1.54, 1.807) is 4.57 Å². The predicted molar refractivity (Wildman–Crippen MR) is 59.9 cm³/mol. The Balaban J connectivity index is 2.50. The molecule has 7 heteroatoms. The van der Waals surface area contributed by atoms with E-state index < -0.39 is 9.05 Å². The van der Waals surface area contributed by atoms with Gasteiger partial charge in [0, 0.05) is 23.1 Å². The van der Waals surface area contributed by atoms with E-state index in [9.17, 15) is 8.42 Å². The summed E-state index contributed by atoms with van der Waals surface area (Å²) in [4.78, 5) is 0. The maximum absolute atomic E-state index is 11.4. The second-order valence-corrected chi connectivity index (χ2v) is 6.46. The van der Waals surface area contributed by atoms with Gasteiger partial charge in [-0.05, 0) is 12.8 Å². The van der Waals surface area contributed by atoms with Gasteiger partial charge in [-0.25, -0.2) is 8.42 Å². The van der Waals surface area contributed by atoms with Gasteiger partial charge < -0.3 is 0 Å². The fourth-order valence-electron chi connectivity index (χ4n) is 2.24. The molecule has 1 aromatic heterocycles. The third kappa shape index (κ3) is 2.08. The molecule has 0 aromatic carbocycles. The van der Waals surface area contributed by atoms with E-state index in [2.05, 4.69) is 10.2 Å². The molecule has 1 saturated carbocycles. The highest BCUT2D eigenvalue weighted by Crippen LogP contribution is 2.33. The van der Waals surface area contributed by atoms with Crippen molar-refractivity contribution in [2.45, 2.75) is 50.2 Å². The summed E-state index contributed by atoms with van der Waals surface area (Å²) < 4.78 is 24.5. The Labute approximate surface area is 99.2 Å². The van der Waals surface area contributed by atoms with Gasteiger partial charge in [0.05, 0.1) is 0 Å². The number of aromatic nitrogens is 3. The van der Waals surface area contributed by atoms with Gasteiger partial charge in [0.1, 0.15) is 5.82 Å². The van der Waals surface area contributed by atoms with Gasteiger partial charge in [-0.1, -0.05) is 19.8 Å². The molecule has 0 aliphatic heterocycles. The number of rotatable bonds is 3. The summed E-state index contributed by atoms with van der Waals surface area (Å²) in [5, 5.41) is 7.49. The van der Waals surface area contributed by atoms with Crippen molar-refractivity contribution in [1.29, 1.82) is 0 Å². The van der Waals surface area contributed by atoms with Crippen molar-refractivity contribution >= 4 is 19.7 Å². The van der Waals surface area contributed by atoms with Gasteiger partial charge in [-0.3, -0.25) is 4.57 Å². The molecule has 5 nitrogen and oxygen atoms in total. The van der Waals surface area contributed by atoms with E-state index in [4.69, 9.17) is 10.7 Å². The highest BCUT2D eigenvalue weighted by molar-refractivity contribution is 8.13. The van der Waals surface area contributed by atoms with Crippen molar-refractivity contribution in [2.75, 3.05) is 0 Å². The van der Waals surface area contributed by atoms with Crippen molar-refractivity contribution in [2.24, 2.45) is 0 Å². The van der Waals surface area contributed by atoms with Gasteiger partial charge in [0.15, 0.2) is 0 Å². The third-order valence-electron chi connectivity index (χ3n) is 2.96. The Kier molecular flexibility index (Phi) is 3.21. The summed E-state index contributed by atoms with van der Waals surface area (Å²) in [6, 6.07) is 0.188. The minimum atomic E-state index is -3.80. The quantitative estimate of drug-likeness (QED) is 0.781. The van der Waals surface area contributed by atoms with E-state index >= 15 is 0 Å². The van der Waals surface area contributed by atoms with Gasteiger partial charge in [0.25, 0.3) is 14.2 Å². The lowest BCUT2D eigenvalue weighted by molar-refractivity contribution is 0.456. The Morgan fingerprint density at radius 1 is 1.38 bits per heavy atom. The molecule has 0 radical (unpaired) electrons. The average Bonchev–Trinajstić information content (AvgIpc) is 2.84. The first-order valence-corrected chi connectivity index (χ1v) is 7.73. The van der Waals surface area contributed by atoms with Crippen LogP contribution in [-0.4, -0.2) is 23.2 Å². The molecule has 16 heavy (non-hydrogen) atoms. The van der Waals surface area contributed by atoms with Crippen LogP contribution in [0.3, 0.4) is 0 Å². The molecule has 0 unspecified atom stereocenters. The number of aryl methyl sites for hydroxylation is 1. The summed E-state index contributed by atoms with van der Waals surface area (Å²) >= 11 is 0. The number of hydrogen-bond acceptors (Lipinski definition) is 4. The van der Waals surface area contributed by atoms with Crippen LogP contribution in [0.2, 0.25) is 0 Å². The molecule has 1 aliphatic rings. The maximum atomic E-state index is 11.4. The van der Waals surface area contributed by atoms with Gasteiger partial charge in [-0.2, -0.15) is 0 Å². The molecular weight excluding hydrogens is 250 g/mol. The zero-order valence-corrected chi connectivity index (χ0v) is 10.6. The van der Waals surface area contributed by atoms with Crippen molar-refractivity contribution < 1.29 is 8.42 Å². The van der Waals surface area contributed by atoms with Crippen LogP contribution in [-0.2, 0) is 15.5 Å². The topological polar surface area (TPSA) is 64.8 Å². The summed E-state index contributed by atoms with van der Waals surface area (Å²) in [5.41, 5.74) is 0. The van der Waals surface area contributed by atoms with Gasteiger partial charge in [-0.15, -0.1) is 10.2 Å². The summed E-state index contributed by atoms with van der Waals surface area (Å²) in [7, 11) is 1.56. The lowest BCUT2D eigenvalue weighted by atomic mass is 10.2. The monoisotopic (exact) mass is 263 g/mol. The molecule has 1 aromatic rings. The molecule has 1 heterocycles. The smallest absolute Gasteiger partial charge is 0.296 e. The molecule has 90 valence electrons. The molecular formula is C9H14ClN3O2S. The zero-order valence-electron chi connectivity index (χ0n) is 9.06. The lowest BCUT2D eigenvalue weighted by Crippen LogP contribution is -2.13. The molecule has 0 amide bonds. The van der Waals surface area contributed by atoms with Crippen LogP contribution in [0.1, 0.15) is 44.5 Å². The SMILES string of the molecule is CCc1nnc(S(=O)(=O)Cl)n1C1CCCC1. The first-order valence-electron chi connectivity index (χ1n) is 5.42. The highest BCUT2D eigenvalue weighted by Gasteiger charge is 2.28. The second kappa shape index (κ2) is 4.33. The number of halogens is 1. The van der Waals surface area contributed by atoms with Crippen LogP contribution in [0.5, 0.6) is 0 Å². The van der Waals surface area contributed by atoms with Crippen LogP contribution < -0.4 is 0 Å². The van der Waals surface area contributed by atoms with Crippen molar-refractivity contribution in [3.05, 3.63) is 5.82 Å². The molecule has 0 atom stereocenters. The average molecular weight is 264 g/mol. The minimum Gasteiger partial charge on any atom is -0.298 e. The van der Waals surface area contributed by atoms with Crippen molar-refractivity contribution in [3.8, 4) is 0 Å². The Hall–Kier alpha value is -0.620. The summed E-state index contributed by atoms with van der Waals surface area (Å²) in [6.45, 7) is 1.93. The Morgan fingerprint density at radius 3 is 2.50 bits per heavy atom. The van der Waals surface area contributed by atoms with Crippen LogP contribution in [0.25, 0.3) is 0 Å². The second-order valence-electron chi connectivity index (χ2n) is 4.00. The molecule has 0 N–H and O–H groups in total. The molecule has 0 bridgehead atoms. The Bertz CT molecular complexity index is 477. The van der Waals surface area contributed by atoms with Crippen molar-refractivity contribution in [3.63, 3.8) is 0 Å². The fraction of sp³-hybridized carbons (Fsp3) is 0.778. The van der Waals surface area contributed by atoms with E-state index in [1.807, 2.05) is 6.92 Å². The van der Waals surface area contributed by atoms with Crippen LogP contribution >= 0.6 is 10.7 Å². The fourth-order valence-corrected chi connectivity index (χ4v) is 3.19. The van der Waals surface area contributed by atoms with Crippen LogP contribution in [0, 0.1) is 0 Å². The molecule has 1 aliphatic carbocycles. The van der Waals surface area contributed by atoms with Crippen LogP contribution in [0.4, 0.5) is 0 Å². The van der Waals surface area contributed by atoms with E-state index in [-0.39, 0.29) is 11.2 Å². The zero-order chi connectivity index (χ0) is 11.8. The van der Waals surface area contributed by atoms with E-state index in [0.29, 0.717) is 12.2 Å². The third-order valence-corrected chi connectivity index (χ3v) is 4.09. The molecule has 0 saturated heterocycles. The highest BCUT2D eigenvalue weighted by atomic mass is 35.7. The number of hydrogen-bond donors (Lipinski definition) is 0. The molecule has 1 fully saturated rings. The lowest BCUT2D eigenvalue weighted by Gasteiger charge is -2.14. The van der Waals surface area contributed by atoms with Crippen molar-refractivity contribution in [1.82, 2.24) is 14.8 Å². The summed E-state index contributed by atoms with van der Waals surface area (Å²) in [5.74, 6) is 0.700. The minimum absolute atomic E-state index is 0.0992. The number of nitrogens with zero attached hydrogens (tertiary/aromatic N) is 3. The first-order chi connectivity index (χ1) is 7.54. The van der Waals surface area contributed by atoms with Crippen LogP contribution in [0.15, 0.2) is 5.16 Å². The predicted octanol–water partition coefficient (Wildman–Crippen LogP) is 1.88. The standard InChI is InChI=1S/C9H14ClN3O2S/c1-2-8-11-12-9(16(10,14)15)13(8)7-5-3-4-6-7/h7H,2-6H2,1H3. The van der Waals surface area contributed by atoms with Gasteiger partial charge in [0.2, 0.25) is 0 Å². The normalized spacial score (nSPS) is 18.1. The molecule has 0 spiro atoms. The largest absolute Gasteiger partial charge is 0.298 e. The summed E-state index contributed by atoms with van der Waals surface area (Å²) in [6.07, 6.45) is 4.85. The Morgan fingerprint density at radius 2 is 2.00 bits per heavy atom. The first kappa shape index (κ1) is 11.9. The van der Waals surface area contributed by atoms with Gasteiger partial charge >= 0.3 is 0 Å². The molecule has 2 rings (SSSR count).